The number of hydrogen-bond acceptors (Lipinski definition) is 4. The number of amides is 3. The fourth-order valence-corrected chi connectivity index (χ4v) is 3.37. The SMILES string of the molecule is CCCN(CC(=O)Nc1cccc(C(=O)N(CC)CC)c1)CC(=O)Nc1ccc(F)c(F)c1F. The van der Waals surface area contributed by atoms with Crippen LogP contribution in [0.25, 0.3) is 0 Å². The van der Waals surface area contributed by atoms with Gasteiger partial charge in [-0.1, -0.05) is 13.0 Å². The van der Waals surface area contributed by atoms with Gasteiger partial charge in [-0.05, 0) is 57.1 Å². The van der Waals surface area contributed by atoms with E-state index in [-0.39, 0.29) is 19.0 Å². The lowest BCUT2D eigenvalue weighted by molar-refractivity contribution is -0.120. The molecule has 0 radical (unpaired) electrons. The summed E-state index contributed by atoms with van der Waals surface area (Å²) in [5, 5.41) is 4.91. The van der Waals surface area contributed by atoms with Crippen LogP contribution >= 0.6 is 0 Å². The van der Waals surface area contributed by atoms with Gasteiger partial charge in [0.2, 0.25) is 11.8 Å². The van der Waals surface area contributed by atoms with E-state index in [1.807, 2.05) is 20.8 Å². The summed E-state index contributed by atoms with van der Waals surface area (Å²) in [4.78, 5) is 40.6. The summed E-state index contributed by atoms with van der Waals surface area (Å²) in [6, 6.07) is 8.21. The Morgan fingerprint density at radius 2 is 1.50 bits per heavy atom. The van der Waals surface area contributed by atoms with E-state index in [1.54, 1.807) is 29.2 Å². The summed E-state index contributed by atoms with van der Waals surface area (Å²) in [5.74, 6) is -5.76. The van der Waals surface area contributed by atoms with E-state index >= 15 is 0 Å². The normalized spacial score (nSPS) is 10.8. The Bertz CT molecular complexity index is 1030. The molecule has 0 saturated carbocycles. The summed E-state index contributed by atoms with van der Waals surface area (Å²) in [5.41, 5.74) is 0.395. The molecule has 2 N–H and O–H groups in total. The van der Waals surface area contributed by atoms with Gasteiger partial charge in [0.05, 0.1) is 18.8 Å². The topological polar surface area (TPSA) is 81.8 Å². The number of carbonyl (C=O) groups is 3. The molecule has 0 saturated heterocycles. The van der Waals surface area contributed by atoms with E-state index in [0.29, 0.717) is 43.4 Å². The molecule has 2 aromatic carbocycles. The van der Waals surface area contributed by atoms with E-state index in [2.05, 4.69) is 10.6 Å². The number of anilines is 2. The van der Waals surface area contributed by atoms with Gasteiger partial charge in [-0.3, -0.25) is 19.3 Å². The van der Waals surface area contributed by atoms with Crippen LogP contribution in [0.5, 0.6) is 0 Å². The summed E-state index contributed by atoms with van der Waals surface area (Å²) in [6.07, 6.45) is 0.633. The van der Waals surface area contributed by atoms with E-state index < -0.39 is 35.0 Å². The van der Waals surface area contributed by atoms with Crippen LogP contribution in [0.1, 0.15) is 37.6 Å². The quantitative estimate of drug-likeness (QED) is 0.481. The van der Waals surface area contributed by atoms with Crippen LogP contribution in [0.3, 0.4) is 0 Å². The number of nitrogens with zero attached hydrogens (tertiary/aromatic N) is 2. The highest BCUT2D eigenvalue weighted by Crippen LogP contribution is 2.19. The molecular weight excluding hydrogens is 449 g/mol. The lowest BCUT2D eigenvalue weighted by Crippen LogP contribution is -2.39. The molecule has 0 atom stereocenters. The molecule has 34 heavy (non-hydrogen) atoms. The third-order valence-electron chi connectivity index (χ3n) is 5.03. The Hall–Kier alpha value is -3.40. The summed E-state index contributed by atoms with van der Waals surface area (Å²) < 4.78 is 40.3. The van der Waals surface area contributed by atoms with Crippen molar-refractivity contribution in [3.8, 4) is 0 Å². The van der Waals surface area contributed by atoms with Crippen molar-refractivity contribution < 1.29 is 27.6 Å². The van der Waals surface area contributed by atoms with Crippen LogP contribution in [0.15, 0.2) is 36.4 Å². The van der Waals surface area contributed by atoms with Crippen LogP contribution in [0, 0.1) is 17.5 Å². The second kappa shape index (κ2) is 12.7. The largest absolute Gasteiger partial charge is 0.339 e. The zero-order chi connectivity index (χ0) is 25.3. The van der Waals surface area contributed by atoms with Crippen molar-refractivity contribution in [1.29, 1.82) is 0 Å². The average molecular weight is 479 g/mol. The van der Waals surface area contributed by atoms with E-state index in [9.17, 15) is 27.6 Å². The maximum atomic E-state index is 13.8. The monoisotopic (exact) mass is 478 g/mol. The van der Waals surface area contributed by atoms with Crippen molar-refractivity contribution in [2.75, 3.05) is 43.4 Å². The first-order valence-corrected chi connectivity index (χ1v) is 11.0. The van der Waals surface area contributed by atoms with Gasteiger partial charge in [-0.2, -0.15) is 0 Å². The van der Waals surface area contributed by atoms with Gasteiger partial charge in [-0.25, -0.2) is 13.2 Å². The van der Waals surface area contributed by atoms with Crippen molar-refractivity contribution in [3.05, 3.63) is 59.4 Å². The highest BCUT2D eigenvalue weighted by Gasteiger charge is 2.19. The first kappa shape index (κ1) is 26.8. The Kier molecular flexibility index (Phi) is 10.1. The van der Waals surface area contributed by atoms with Crippen molar-refractivity contribution in [2.24, 2.45) is 0 Å². The van der Waals surface area contributed by atoms with E-state index in [0.717, 1.165) is 6.07 Å². The predicted molar refractivity (Wildman–Crippen MR) is 124 cm³/mol. The summed E-state index contributed by atoms with van der Waals surface area (Å²) in [7, 11) is 0. The van der Waals surface area contributed by atoms with Crippen LogP contribution < -0.4 is 10.6 Å². The lowest BCUT2D eigenvalue weighted by Gasteiger charge is -2.21. The van der Waals surface area contributed by atoms with Gasteiger partial charge in [0.15, 0.2) is 17.5 Å². The maximum absolute atomic E-state index is 13.8. The molecule has 0 aliphatic heterocycles. The molecule has 7 nitrogen and oxygen atoms in total. The number of carbonyl (C=O) groups excluding carboxylic acids is 3. The standard InChI is InChI=1S/C24H29F3N4O3/c1-4-12-30(15-21(33)29-19-11-10-18(25)22(26)23(19)27)14-20(32)28-17-9-7-8-16(13-17)24(34)31(5-2)6-3/h7-11,13H,4-6,12,14-15H2,1-3H3,(H,28,32)(H,29,33). The van der Waals surface area contributed by atoms with Gasteiger partial charge >= 0.3 is 0 Å². The van der Waals surface area contributed by atoms with Crippen molar-refractivity contribution in [3.63, 3.8) is 0 Å². The van der Waals surface area contributed by atoms with Crippen LogP contribution in [0.4, 0.5) is 24.5 Å². The highest BCUT2D eigenvalue weighted by molar-refractivity contribution is 5.98. The minimum atomic E-state index is -1.68. The predicted octanol–water partition coefficient (Wildman–Crippen LogP) is 3.88. The van der Waals surface area contributed by atoms with Crippen LogP contribution in [-0.2, 0) is 9.59 Å². The number of halogens is 3. The number of benzene rings is 2. The molecular formula is C24H29F3N4O3. The molecule has 2 aromatic rings. The third kappa shape index (κ3) is 7.31. The molecule has 10 heteroatoms. The van der Waals surface area contributed by atoms with Gasteiger partial charge in [0.25, 0.3) is 5.91 Å². The second-order valence-corrected chi connectivity index (χ2v) is 7.59. The van der Waals surface area contributed by atoms with Gasteiger partial charge < -0.3 is 15.5 Å². The molecule has 3 amide bonds. The Morgan fingerprint density at radius 1 is 0.853 bits per heavy atom. The average Bonchev–Trinajstić information content (AvgIpc) is 2.80. The smallest absolute Gasteiger partial charge is 0.253 e. The molecule has 0 unspecified atom stereocenters. The minimum absolute atomic E-state index is 0.143. The van der Waals surface area contributed by atoms with Crippen molar-refractivity contribution in [2.45, 2.75) is 27.2 Å². The zero-order valence-corrected chi connectivity index (χ0v) is 19.5. The minimum Gasteiger partial charge on any atom is -0.339 e. The Morgan fingerprint density at radius 3 is 2.12 bits per heavy atom. The number of nitrogens with one attached hydrogen (secondary N) is 2. The van der Waals surface area contributed by atoms with Gasteiger partial charge in [0.1, 0.15) is 0 Å². The summed E-state index contributed by atoms with van der Waals surface area (Å²) in [6.45, 7) is 6.74. The lowest BCUT2D eigenvalue weighted by atomic mass is 10.1. The number of rotatable bonds is 11. The zero-order valence-electron chi connectivity index (χ0n) is 19.5. The van der Waals surface area contributed by atoms with Gasteiger partial charge in [-0.15, -0.1) is 0 Å². The van der Waals surface area contributed by atoms with Crippen molar-refractivity contribution >= 4 is 29.1 Å². The fourth-order valence-electron chi connectivity index (χ4n) is 3.37. The van der Waals surface area contributed by atoms with E-state index in [1.165, 1.54) is 4.90 Å². The molecule has 0 aromatic heterocycles. The molecule has 0 aliphatic carbocycles. The number of hydrogen-bond donors (Lipinski definition) is 2. The first-order valence-electron chi connectivity index (χ1n) is 11.0. The molecule has 0 fully saturated rings. The molecule has 0 heterocycles. The first-order chi connectivity index (χ1) is 16.2. The Balaban J connectivity index is 2.01. The Labute approximate surface area is 196 Å². The molecule has 184 valence electrons. The van der Waals surface area contributed by atoms with E-state index in [4.69, 9.17) is 0 Å². The fraction of sp³-hybridized carbons (Fsp3) is 0.375. The van der Waals surface area contributed by atoms with Crippen molar-refractivity contribution in [1.82, 2.24) is 9.80 Å². The molecule has 0 spiro atoms. The second-order valence-electron chi connectivity index (χ2n) is 7.59. The molecule has 0 aliphatic rings. The molecule has 2 rings (SSSR count). The van der Waals surface area contributed by atoms with Crippen LogP contribution in [-0.4, -0.2) is 60.2 Å². The third-order valence-corrected chi connectivity index (χ3v) is 5.03. The van der Waals surface area contributed by atoms with Gasteiger partial charge in [0, 0.05) is 24.3 Å². The molecule has 0 bridgehead atoms. The summed E-state index contributed by atoms with van der Waals surface area (Å²) >= 11 is 0. The highest BCUT2D eigenvalue weighted by atomic mass is 19.2. The van der Waals surface area contributed by atoms with Crippen LogP contribution in [0.2, 0.25) is 0 Å². The maximum Gasteiger partial charge on any atom is 0.253 e.